The van der Waals surface area contributed by atoms with Gasteiger partial charge < -0.3 is 10.1 Å². The summed E-state index contributed by atoms with van der Waals surface area (Å²) in [6.07, 6.45) is 0. The fourth-order valence-electron chi connectivity index (χ4n) is 1.26. The molecule has 1 heterocycles. The van der Waals surface area contributed by atoms with Crippen molar-refractivity contribution in [3.8, 4) is 0 Å². The predicted molar refractivity (Wildman–Crippen MR) is 62.3 cm³/mol. The summed E-state index contributed by atoms with van der Waals surface area (Å²) in [5.74, 6) is 0. The molecule has 1 aromatic rings. The normalized spacial score (nSPS) is 13.1. The molecule has 0 saturated heterocycles. The van der Waals surface area contributed by atoms with Gasteiger partial charge in [0.1, 0.15) is 10.7 Å². The molecule has 1 rings (SSSR count). The molecule has 1 atom stereocenters. The summed E-state index contributed by atoms with van der Waals surface area (Å²) in [5, 5.41) is 8.21. The molecule has 15 heavy (non-hydrogen) atoms. The molecule has 5 nitrogen and oxygen atoms in total. The lowest BCUT2D eigenvalue weighted by molar-refractivity contribution is 0.111. The zero-order valence-electron chi connectivity index (χ0n) is 9.65. The Labute approximate surface area is 94.6 Å². The van der Waals surface area contributed by atoms with Gasteiger partial charge in [0.2, 0.25) is 0 Å². The largest absolute Gasteiger partial charge is 0.383 e. The Balaban J connectivity index is 2.53. The van der Waals surface area contributed by atoms with E-state index in [9.17, 15) is 0 Å². The second kappa shape index (κ2) is 5.99. The maximum Gasteiger partial charge on any atom is 0.134 e. The minimum absolute atomic E-state index is 0.376. The Kier molecular flexibility index (Phi) is 4.93. The molecule has 0 aliphatic rings. The van der Waals surface area contributed by atoms with E-state index in [4.69, 9.17) is 4.74 Å². The Morgan fingerprint density at radius 1 is 1.60 bits per heavy atom. The third-order valence-corrected chi connectivity index (χ3v) is 3.13. The van der Waals surface area contributed by atoms with Crippen LogP contribution < -0.4 is 5.32 Å². The van der Waals surface area contributed by atoms with E-state index in [0.29, 0.717) is 6.04 Å². The lowest BCUT2D eigenvalue weighted by Crippen LogP contribution is -2.32. The molecule has 0 spiro atoms. The third-order valence-electron chi connectivity index (χ3n) is 2.34. The van der Waals surface area contributed by atoms with Gasteiger partial charge in [-0.05, 0) is 14.0 Å². The quantitative estimate of drug-likeness (QED) is 0.791. The van der Waals surface area contributed by atoms with Crippen LogP contribution in [0.1, 0.15) is 12.6 Å². The van der Waals surface area contributed by atoms with Crippen LogP contribution in [0.5, 0.6) is 0 Å². The summed E-state index contributed by atoms with van der Waals surface area (Å²) >= 11 is 1.39. The molecule has 6 heteroatoms. The van der Waals surface area contributed by atoms with Crippen LogP contribution >= 0.6 is 11.5 Å². The summed E-state index contributed by atoms with van der Waals surface area (Å²) in [6.45, 7) is 3.64. The van der Waals surface area contributed by atoms with Gasteiger partial charge in [-0.25, -0.2) is 0 Å². The van der Waals surface area contributed by atoms with Gasteiger partial charge >= 0.3 is 0 Å². The van der Waals surface area contributed by atoms with Crippen molar-refractivity contribution >= 4 is 16.5 Å². The van der Waals surface area contributed by atoms with Crippen LogP contribution in [0, 0.1) is 0 Å². The highest BCUT2D eigenvalue weighted by molar-refractivity contribution is 7.10. The van der Waals surface area contributed by atoms with Crippen molar-refractivity contribution in [2.75, 3.05) is 33.1 Å². The molecule has 0 aromatic carbocycles. The zero-order valence-corrected chi connectivity index (χ0v) is 10.5. The monoisotopic (exact) mass is 230 g/mol. The molecule has 1 aromatic heterocycles. The van der Waals surface area contributed by atoms with Crippen LogP contribution in [0.4, 0.5) is 5.00 Å². The second-order valence-electron chi connectivity index (χ2n) is 3.52. The molecule has 86 valence electrons. The van der Waals surface area contributed by atoms with Gasteiger partial charge in [-0.3, -0.25) is 4.90 Å². The van der Waals surface area contributed by atoms with E-state index < -0.39 is 0 Å². The summed E-state index contributed by atoms with van der Waals surface area (Å²) in [4.78, 5) is 2.20. The van der Waals surface area contributed by atoms with E-state index in [1.807, 2.05) is 7.05 Å². The van der Waals surface area contributed by atoms with Crippen molar-refractivity contribution in [1.29, 1.82) is 0 Å². The van der Waals surface area contributed by atoms with Gasteiger partial charge in [0.25, 0.3) is 0 Å². The smallest absolute Gasteiger partial charge is 0.134 e. The van der Waals surface area contributed by atoms with Crippen LogP contribution in [0.2, 0.25) is 0 Å². The van der Waals surface area contributed by atoms with E-state index in [1.54, 1.807) is 7.11 Å². The minimum Gasteiger partial charge on any atom is -0.383 e. The van der Waals surface area contributed by atoms with Gasteiger partial charge in [-0.2, -0.15) is 0 Å². The topological polar surface area (TPSA) is 50.3 Å². The number of anilines is 1. The first-order chi connectivity index (χ1) is 7.19. The van der Waals surface area contributed by atoms with Crippen LogP contribution in [0.3, 0.4) is 0 Å². The fourth-order valence-corrected chi connectivity index (χ4v) is 1.79. The predicted octanol–water partition coefficient (Wildman–Crippen LogP) is 1.05. The van der Waals surface area contributed by atoms with Gasteiger partial charge in [-0.1, -0.05) is 4.49 Å². The van der Waals surface area contributed by atoms with E-state index in [0.717, 1.165) is 23.8 Å². The van der Waals surface area contributed by atoms with Crippen LogP contribution in [0.25, 0.3) is 0 Å². The van der Waals surface area contributed by atoms with Crippen LogP contribution in [-0.4, -0.2) is 48.3 Å². The highest BCUT2D eigenvalue weighted by atomic mass is 32.1. The molecule has 0 fully saturated rings. The van der Waals surface area contributed by atoms with E-state index in [1.165, 1.54) is 11.5 Å². The molecular weight excluding hydrogens is 212 g/mol. The molecule has 1 N–H and O–H groups in total. The molecule has 0 aliphatic carbocycles. The molecule has 0 bridgehead atoms. The Morgan fingerprint density at radius 3 is 2.93 bits per heavy atom. The number of hydrogen-bond acceptors (Lipinski definition) is 6. The molecular formula is C9H18N4OS. The van der Waals surface area contributed by atoms with E-state index in [-0.39, 0.29) is 0 Å². The van der Waals surface area contributed by atoms with Gasteiger partial charge in [0, 0.05) is 38.3 Å². The Morgan fingerprint density at radius 2 is 2.33 bits per heavy atom. The van der Waals surface area contributed by atoms with Crippen LogP contribution in [-0.2, 0) is 11.3 Å². The number of nitrogens with one attached hydrogen (secondary N) is 1. The van der Waals surface area contributed by atoms with Gasteiger partial charge in [-0.15, -0.1) is 5.10 Å². The van der Waals surface area contributed by atoms with Crippen molar-refractivity contribution in [2.45, 2.75) is 19.5 Å². The highest BCUT2D eigenvalue weighted by Gasteiger charge is 2.13. The Bertz CT molecular complexity index is 291. The fraction of sp³-hybridized carbons (Fsp3) is 0.778. The number of ether oxygens (including phenoxy) is 1. The number of aromatic nitrogens is 2. The Hall–Kier alpha value is -0.720. The number of likely N-dealkylation sites (N-methyl/N-ethyl adjacent to an activating group) is 1. The first-order valence-corrected chi connectivity index (χ1v) is 5.64. The third kappa shape index (κ3) is 3.40. The first kappa shape index (κ1) is 12.4. The summed E-state index contributed by atoms with van der Waals surface area (Å²) in [5.41, 5.74) is 0.993. The summed E-state index contributed by atoms with van der Waals surface area (Å²) in [7, 11) is 5.66. The lowest BCUT2D eigenvalue weighted by Gasteiger charge is -2.23. The standard InChI is InChI=1S/C9H18N4OS/c1-7(6-14-4)13(3)5-8-9(10-2)15-12-11-8/h7,10H,5-6H2,1-4H3. The summed E-state index contributed by atoms with van der Waals surface area (Å²) in [6, 6.07) is 0.376. The summed E-state index contributed by atoms with van der Waals surface area (Å²) < 4.78 is 9.03. The van der Waals surface area contributed by atoms with Crippen LogP contribution in [0.15, 0.2) is 0 Å². The van der Waals surface area contributed by atoms with Gasteiger partial charge in [0.15, 0.2) is 0 Å². The highest BCUT2D eigenvalue weighted by Crippen LogP contribution is 2.18. The van der Waals surface area contributed by atoms with Crippen molar-refractivity contribution < 1.29 is 4.74 Å². The van der Waals surface area contributed by atoms with Crippen molar-refractivity contribution in [1.82, 2.24) is 14.5 Å². The minimum atomic E-state index is 0.376. The average Bonchev–Trinajstić information content (AvgIpc) is 2.65. The molecule has 0 aliphatic heterocycles. The maximum atomic E-state index is 5.11. The van der Waals surface area contributed by atoms with Crippen molar-refractivity contribution in [2.24, 2.45) is 0 Å². The number of nitrogens with zero attached hydrogens (tertiary/aromatic N) is 3. The van der Waals surface area contributed by atoms with Gasteiger partial charge in [0.05, 0.1) is 6.61 Å². The first-order valence-electron chi connectivity index (χ1n) is 4.87. The molecule has 1 unspecified atom stereocenters. The maximum absolute atomic E-state index is 5.11. The average molecular weight is 230 g/mol. The van der Waals surface area contributed by atoms with Crippen molar-refractivity contribution in [3.63, 3.8) is 0 Å². The molecule has 0 radical (unpaired) electrons. The molecule has 0 saturated carbocycles. The zero-order chi connectivity index (χ0) is 11.3. The number of hydrogen-bond donors (Lipinski definition) is 1. The number of rotatable bonds is 6. The van der Waals surface area contributed by atoms with E-state index >= 15 is 0 Å². The SMILES string of the molecule is CNc1snnc1CN(C)C(C)COC. The molecule has 0 amide bonds. The van der Waals surface area contributed by atoms with E-state index in [2.05, 4.69) is 33.8 Å². The van der Waals surface area contributed by atoms with Crippen molar-refractivity contribution in [3.05, 3.63) is 5.69 Å². The second-order valence-corrected chi connectivity index (χ2v) is 4.27. The number of methoxy groups -OCH3 is 1. The lowest BCUT2D eigenvalue weighted by atomic mass is 10.3.